The molecule has 0 bridgehead atoms. The third-order valence-corrected chi connectivity index (χ3v) is 2.55. The summed E-state index contributed by atoms with van der Waals surface area (Å²) >= 11 is 0. The Morgan fingerprint density at radius 3 is 2.75 bits per heavy atom. The molecule has 2 unspecified atom stereocenters. The molecular formula is C11H12FNO3. The molecule has 4 N–H and O–H groups in total. The summed E-state index contributed by atoms with van der Waals surface area (Å²) in [5, 5.41) is 28.4. The van der Waals surface area contributed by atoms with E-state index < -0.39 is 18.8 Å². The Balaban J connectivity index is 2.45. The number of aliphatic hydroxyl groups is 3. The van der Waals surface area contributed by atoms with E-state index in [4.69, 9.17) is 5.11 Å². The van der Waals surface area contributed by atoms with Crippen molar-refractivity contribution >= 4 is 10.9 Å². The first kappa shape index (κ1) is 11.1. The van der Waals surface area contributed by atoms with Crippen molar-refractivity contribution in [3.8, 4) is 0 Å². The van der Waals surface area contributed by atoms with Gasteiger partial charge < -0.3 is 20.3 Å². The number of aromatic amines is 1. The number of benzene rings is 1. The molecule has 2 aromatic rings. The number of halogens is 1. The largest absolute Gasteiger partial charge is 0.394 e. The maximum absolute atomic E-state index is 12.9. The molecule has 16 heavy (non-hydrogen) atoms. The van der Waals surface area contributed by atoms with Crippen LogP contribution in [0.1, 0.15) is 11.7 Å². The fourth-order valence-corrected chi connectivity index (χ4v) is 1.67. The van der Waals surface area contributed by atoms with Crippen LogP contribution in [0, 0.1) is 5.82 Å². The Hall–Kier alpha value is -1.43. The minimum atomic E-state index is -1.25. The summed E-state index contributed by atoms with van der Waals surface area (Å²) in [6, 6.07) is 4.10. The number of rotatable bonds is 3. The van der Waals surface area contributed by atoms with Gasteiger partial charge in [-0.15, -0.1) is 0 Å². The quantitative estimate of drug-likeness (QED) is 0.621. The predicted molar refractivity (Wildman–Crippen MR) is 56.3 cm³/mol. The Labute approximate surface area is 91.0 Å². The van der Waals surface area contributed by atoms with Crippen LogP contribution < -0.4 is 0 Å². The third kappa shape index (κ3) is 1.80. The lowest BCUT2D eigenvalue weighted by atomic mass is 10.0. The van der Waals surface area contributed by atoms with Gasteiger partial charge in [0.05, 0.1) is 6.61 Å². The van der Waals surface area contributed by atoms with E-state index >= 15 is 0 Å². The number of fused-ring (bicyclic) bond motifs is 1. The molecule has 0 amide bonds. The Morgan fingerprint density at radius 1 is 1.31 bits per heavy atom. The van der Waals surface area contributed by atoms with Crippen LogP contribution in [0.4, 0.5) is 4.39 Å². The van der Waals surface area contributed by atoms with Crippen LogP contribution in [-0.2, 0) is 0 Å². The average Bonchev–Trinajstić information content (AvgIpc) is 2.69. The minimum absolute atomic E-state index is 0.377. The molecule has 4 nitrogen and oxygen atoms in total. The van der Waals surface area contributed by atoms with Crippen LogP contribution in [0.2, 0.25) is 0 Å². The Bertz CT molecular complexity index is 497. The van der Waals surface area contributed by atoms with Crippen molar-refractivity contribution in [1.82, 2.24) is 4.98 Å². The monoisotopic (exact) mass is 225 g/mol. The van der Waals surface area contributed by atoms with E-state index in [9.17, 15) is 14.6 Å². The molecule has 0 aliphatic heterocycles. The number of hydrogen-bond acceptors (Lipinski definition) is 3. The molecule has 5 heteroatoms. The van der Waals surface area contributed by atoms with Gasteiger partial charge in [0.15, 0.2) is 0 Å². The van der Waals surface area contributed by atoms with Crippen LogP contribution in [0.5, 0.6) is 0 Å². The number of nitrogens with one attached hydrogen (secondary N) is 1. The summed E-state index contributed by atoms with van der Waals surface area (Å²) in [5.41, 5.74) is 0.982. The maximum Gasteiger partial charge on any atom is 0.125 e. The first-order valence-electron chi connectivity index (χ1n) is 4.87. The lowest BCUT2D eigenvalue weighted by molar-refractivity contribution is -0.0145. The van der Waals surface area contributed by atoms with E-state index in [1.165, 1.54) is 24.4 Å². The van der Waals surface area contributed by atoms with Gasteiger partial charge in [0.1, 0.15) is 18.0 Å². The van der Waals surface area contributed by atoms with Crippen LogP contribution >= 0.6 is 0 Å². The second kappa shape index (κ2) is 4.21. The van der Waals surface area contributed by atoms with Gasteiger partial charge in [-0.1, -0.05) is 0 Å². The lowest BCUT2D eigenvalue weighted by Gasteiger charge is -2.14. The van der Waals surface area contributed by atoms with E-state index in [0.717, 1.165) is 0 Å². The molecule has 1 aromatic heterocycles. The number of aliphatic hydroxyl groups excluding tert-OH is 3. The molecular weight excluding hydrogens is 213 g/mol. The number of aromatic nitrogens is 1. The zero-order valence-corrected chi connectivity index (χ0v) is 8.39. The normalized spacial score (nSPS) is 15.2. The van der Waals surface area contributed by atoms with Gasteiger partial charge in [-0.3, -0.25) is 0 Å². The van der Waals surface area contributed by atoms with Gasteiger partial charge in [0.25, 0.3) is 0 Å². The number of hydrogen-bond donors (Lipinski definition) is 4. The SMILES string of the molecule is OCC(O)C(O)c1c[nH]c2cc(F)ccc12. The number of H-pyrrole nitrogens is 1. The summed E-state index contributed by atoms with van der Waals surface area (Å²) in [7, 11) is 0. The highest BCUT2D eigenvalue weighted by Gasteiger charge is 2.20. The Kier molecular flexibility index (Phi) is 2.91. The topological polar surface area (TPSA) is 76.5 Å². The molecule has 2 rings (SSSR count). The second-order valence-corrected chi connectivity index (χ2v) is 3.63. The standard InChI is InChI=1S/C11H12FNO3/c12-6-1-2-7-8(4-13-9(7)3-6)11(16)10(15)5-14/h1-4,10-11,13-16H,5H2. The van der Waals surface area contributed by atoms with Crippen molar-refractivity contribution in [3.63, 3.8) is 0 Å². The van der Waals surface area contributed by atoms with E-state index in [2.05, 4.69) is 4.98 Å². The summed E-state index contributed by atoms with van der Waals surface area (Å²) < 4.78 is 12.9. The summed E-state index contributed by atoms with van der Waals surface area (Å²) in [6.45, 7) is -0.533. The predicted octanol–water partition coefficient (Wildman–Crippen LogP) is 0.694. The molecule has 2 atom stereocenters. The fraction of sp³-hybridized carbons (Fsp3) is 0.273. The molecule has 1 aromatic carbocycles. The molecule has 0 aliphatic carbocycles. The zero-order valence-electron chi connectivity index (χ0n) is 8.39. The molecule has 1 heterocycles. The third-order valence-electron chi connectivity index (χ3n) is 2.55. The van der Waals surface area contributed by atoms with Gasteiger partial charge in [-0.2, -0.15) is 0 Å². The van der Waals surface area contributed by atoms with Crippen LogP contribution in [0.15, 0.2) is 24.4 Å². The molecule has 0 aliphatic rings. The average molecular weight is 225 g/mol. The van der Waals surface area contributed by atoms with Crippen molar-refractivity contribution in [2.75, 3.05) is 6.61 Å². The molecule has 0 fully saturated rings. The molecule has 0 radical (unpaired) electrons. The highest BCUT2D eigenvalue weighted by atomic mass is 19.1. The highest BCUT2D eigenvalue weighted by Crippen LogP contribution is 2.26. The molecule has 0 saturated carbocycles. The first-order valence-corrected chi connectivity index (χ1v) is 4.87. The summed E-state index contributed by atoms with van der Waals surface area (Å²) in [5.74, 6) is -0.377. The van der Waals surface area contributed by atoms with E-state index in [0.29, 0.717) is 16.5 Å². The van der Waals surface area contributed by atoms with Crippen molar-refractivity contribution in [2.45, 2.75) is 12.2 Å². The fourth-order valence-electron chi connectivity index (χ4n) is 1.67. The Morgan fingerprint density at radius 2 is 2.06 bits per heavy atom. The van der Waals surface area contributed by atoms with E-state index in [-0.39, 0.29) is 5.82 Å². The minimum Gasteiger partial charge on any atom is -0.394 e. The van der Waals surface area contributed by atoms with Gasteiger partial charge in [-0.25, -0.2) is 4.39 Å². The van der Waals surface area contributed by atoms with Crippen LogP contribution in [-0.4, -0.2) is 33.0 Å². The molecule has 0 spiro atoms. The second-order valence-electron chi connectivity index (χ2n) is 3.63. The summed E-state index contributed by atoms with van der Waals surface area (Å²) in [4.78, 5) is 2.80. The van der Waals surface area contributed by atoms with Crippen LogP contribution in [0.3, 0.4) is 0 Å². The summed E-state index contributed by atoms with van der Waals surface area (Å²) in [6.07, 6.45) is -0.943. The highest BCUT2D eigenvalue weighted by molar-refractivity contribution is 5.83. The maximum atomic E-state index is 12.9. The van der Waals surface area contributed by atoms with Gasteiger partial charge in [-0.05, 0) is 18.2 Å². The molecule has 86 valence electrons. The van der Waals surface area contributed by atoms with Gasteiger partial charge in [0, 0.05) is 22.7 Å². The van der Waals surface area contributed by atoms with Gasteiger partial charge in [0.2, 0.25) is 0 Å². The van der Waals surface area contributed by atoms with E-state index in [1.54, 1.807) is 0 Å². The van der Waals surface area contributed by atoms with Gasteiger partial charge >= 0.3 is 0 Å². The lowest BCUT2D eigenvalue weighted by Crippen LogP contribution is -2.21. The van der Waals surface area contributed by atoms with E-state index in [1.807, 2.05) is 0 Å². The first-order chi connectivity index (χ1) is 7.63. The van der Waals surface area contributed by atoms with Crippen molar-refractivity contribution in [2.24, 2.45) is 0 Å². The molecule has 0 saturated heterocycles. The zero-order chi connectivity index (χ0) is 11.7. The van der Waals surface area contributed by atoms with Crippen molar-refractivity contribution < 1.29 is 19.7 Å². The smallest absolute Gasteiger partial charge is 0.125 e. The van der Waals surface area contributed by atoms with Crippen molar-refractivity contribution in [1.29, 1.82) is 0 Å². The van der Waals surface area contributed by atoms with Crippen molar-refractivity contribution in [3.05, 3.63) is 35.8 Å². The van der Waals surface area contributed by atoms with Crippen LogP contribution in [0.25, 0.3) is 10.9 Å².